The fraction of sp³-hybridized carbons (Fsp3) is 0.462. The van der Waals surface area contributed by atoms with Crippen molar-refractivity contribution in [3.63, 3.8) is 0 Å². The molecule has 0 atom stereocenters. The van der Waals surface area contributed by atoms with E-state index in [0.717, 1.165) is 54.8 Å². The van der Waals surface area contributed by atoms with Crippen LogP contribution in [0.4, 0.5) is 0 Å². The van der Waals surface area contributed by atoms with Crippen LogP contribution in [0.25, 0.3) is 16.7 Å². The monoisotopic (exact) mass is 510 g/mol. The molecule has 9 N–H and O–H groups in total. The van der Waals surface area contributed by atoms with E-state index in [4.69, 9.17) is 22.9 Å². The first-order valence-corrected chi connectivity index (χ1v) is 12.7. The maximum absolute atomic E-state index is 12.5. The van der Waals surface area contributed by atoms with Gasteiger partial charge in [-0.25, -0.2) is 4.79 Å². The molecule has 3 rings (SSSR count). The van der Waals surface area contributed by atoms with Gasteiger partial charge in [-0.2, -0.15) is 4.98 Å². The molecule has 0 fully saturated rings. The van der Waals surface area contributed by atoms with Crippen molar-refractivity contribution < 1.29 is 0 Å². The van der Waals surface area contributed by atoms with Crippen LogP contribution in [0.2, 0.25) is 0 Å². The lowest BCUT2D eigenvalue weighted by molar-refractivity contribution is 0.262. The van der Waals surface area contributed by atoms with Gasteiger partial charge in [-0.05, 0) is 43.5 Å². The minimum Gasteiger partial charge on any atom is -0.370 e. The Kier molecular flexibility index (Phi) is 12.1. The highest BCUT2D eigenvalue weighted by Gasteiger charge is 2.09. The summed E-state index contributed by atoms with van der Waals surface area (Å²) in [5, 5.41) is 0.893. The van der Waals surface area contributed by atoms with Crippen molar-refractivity contribution in [2.24, 2.45) is 32.9 Å². The third kappa shape index (κ3) is 10.3. The van der Waals surface area contributed by atoms with Gasteiger partial charge in [-0.1, -0.05) is 38.8 Å². The van der Waals surface area contributed by atoms with Crippen LogP contribution in [0.5, 0.6) is 0 Å². The summed E-state index contributed by atoms with van der Waals surface area (Å²) in [4.78, 5) is 30.1. The van der Waals surface area contributed by atoms with Crippen LogP contribution in [-0.2, 0) is 6.54 Å². The van der Waals surface area contributed by atoms with E-state index >= 15 is 0 Å². The van der Waals surface area contributed by atoms with E-state index in [1.165, 1.54) is 12.8 Å². The van der Waals surface area contributed by atoms with E-state index in [1.807, 2.05) is 43.5 Å². The van der Waals surface area contributed by atoms with Gasteiger partial charge in [0, 0.05) is 50.0 Å². The van der Waals surface area contributed by atoms with Crippen molar-refractivity contribution >= 4 is 23.0 Å². The minimum absolute atomic E-state index is 0.0996. The van der Waals surface area contributed by atoms with Gasteiger partial charge in [0.1, 0.15) is 5.65 Å². The summed E-state index contributed by atoms with van der Waals surface area (Å²) >= 11 is 0. The number of aromatic amines is 1. The summed E-state index contributed by atoms with van der Waals surface area (Å²) in [6, 6.07) is 9.87. The number of benzene rings is 1. The largest absolute Gasteiger partial charge is 0.370 e. The number of guanidine groups is 2. The average molecular weight is 511 g/mol. The van der Waals surface area contributed by atoms with Crippen LogP contribution in [0.1, 0.15) is 50.8 Å². The summed E-state index contributed by atoms with van der Waals surface area (Å²) in [7, 11) is 0. The predicted molar refractivity (Wildman–Crippen MR) is 153 cm³/mol. The number of hydrogen-bond donors (Lipinski definition) is 5. The average Bonchev–Trinajstić information content (AvgIpc) is 3.22. The number of nitrogens with two attached hydrogens (primary N) is 4. The van der Waals surface area contributed by atoms with Crippen LogP contribution >= 0.6 is 0 Å². The van der Waals surface area contributed by atoms with E-state index < -0.39 is 0 Å². The second-order valence-corrected chi connectivity index (χ2v) is 8.91. The topological polar surface area (TPSA) is 183 Å². The maximum Gasteiger partial charge on any atom is 0.354 e. The molecule has 3 aromatic rings. The van der Waals surface area contributed by atoms with Gasteiger partial charge in [-0.3, -0.25) is 19.5 Å². The number of aromatic nitrogens is 3. The molecule has 11 nitrogen and oxygen atoms in total. The molecule has 0 saturated carbocycles. The maximum atomic E-state index is 12.5. The number of hydrogen-bond acceptors (Lipinski definition) is 5. The van der Waals surface area contributed by atoms with Crippen molar-refractivity contribution in [2.75, 3.05) is 26.2 Å². The Hall–Kier alpha value is -3.86. The summed E-state index contributed by atoms with van der Waals surface area (Å²) in [5.74, 6) is 0.199. The van der Waals surface area contributed by atoms with Crippen LogP contribution in [-0.4, -0.2) is 57.5 Å². The van der Waals surface area contributed by atoms with E-state index in [0.29, 0.717) is 18.7 Å². The third-order valence-electron chi connectivity index (χ3n) is 5.62. The SMILES string of the molecule is CCCC.Cc1cc2cn(-c3ccc(CN(CCCN=C(N)N)CCCN=C(N)N)cc3)c(=O)nc2[nH]1. The quantitative estimate of drug-likeness (QED) is 0.140. The zero-order chi connectivity index (χ0) is 27.2. The Morgan fingerprint density at radius 1 is 0.973 bits per heavy atom. The lowest BCUT2D eigenvalue weighted by atomic mass is 10.1. The Labute approximate surface area is 218 Å². The van der Waals surface area contributed by atoms with Crippen molar-refractivity contribution in [3.05, 3.63) is 58.3 Å². The number of aryl methyl sites for hydroxylation is 1. The van der Waals surface area contributed by atoms with Crippen molar-refractivity contribution in [1.82, 2.24) is 19.4 Å². The smallest absolute Gasteiger partial charge is 0.354 e. The summed E-state index contributed by atoms with van der Waals surface area (Å²) in [5.41, 5.74) is 24.8. The first-order chi connectivity index (χ1) is 17.7. The summed E-state index contributed by atoms with van der Waals surface area (Å²) < 4.78 is 1.56. The van der Waals surface area contributed by atoms with Gasteiger partial charge in [-0.15, -0.1) is 0 Å². The highest BCUT2D eigenvalue weighted by molar-refractivity contribution is 5.76. The molecule has 11 heteroatoms. The molecule has 0 amide bonds. The Balaban J connectivity index is 0.00000112. The number of aliphatic imine (C=N–C) groups is 2. The Bertz CT molecular complexity index is 1180. The number of rotatable bonds is 12. The summed E-state index contributed by atoms with van der Waals surface area (Å²) in [6.45, 7) is 9.84. The molecule has 0 aliphatic carbocycles. The molecule has 2 heterocycles. The Morgan fingerprint density at radius 2 is 1.54 bits per heavy atom. The zero-order valence-electron chi connectivity index (χ0n) is 22.3. The van der Waals surface area contributed by atoms with E-state index in [-0.39, 0.29) is 17.6 Å². The number of H-pyrrole nitrogens is 1. The molecule has 2 aromatic heterocycles. The van der Waals surface area contributed by atoms with Crippen LogP contribution < -0.4 is 28.6 Å². The van der Waals surface area contributed by atoms with Crippen LogP contribution in [0, 0.1) is 6.92 Å². The molecule has 0 saturated heterocycles. The highest BCUT2D eigenvalue weighted by Crippen LogP contribution is 2.15. The number of nitrogens with one attached hydrogen (secondary N) is 1. The number of fused-ring (bicyclic) bond motifs is 1. The second-order valence-electron chi connectivity index (χ2n) is 8.91. The van der Waals surface area contributed by atoms with Crippen molar-refractivity contribution in [3.8, 4) is 5.69 Å². The van der Waals surface area contributed by atoms with Gasteiger partial charge in [0.2, 0.25) is 0 Å². The van der Waals surface area contributed by atoms with Gasteiger partial charge < -0.3 is 27.9 Å². The molecule has 0 aliphatic rings. The molecule has 0 unspecified atom stereocenters. The van der Waals surface area contributed by atoms with Gasteiger partial charge >= 0.3 is 5.69 Å². The van der Waals surface area contributed by atoms with Crippen molar-refractivity contribution in [2.45, 2.75) is 53.0 Å². The van der Waals surface area contributed by atoms with E-state index in [1.54, 1.807) is 4.57 Å². The molecule has 1 aromatic carbocycles. The lowest BCUT2D eigenvalue weighted by Gasteiger charge is -2.22. The zero-order valence-corrected chi connectivity index (χ0v) is 22.3. The van der Waals surface area contributed by atoms with Gasteiger partial charge in [0.25, 0.3) is 0 Å². The molecule has 37 heavy (non-hydrogen) atoms. The summed E-state index contributed by atoms with van der Waals surface area (Å²) in [6.07, 6.45) is 6.10. The first kappa shape index (κ1) is 29.4. The molecular weight excluding hydrogens is 468 g/mol. The number of unbranched alkanes of at least 4 members (excludes halogenated alkanes) is 1. The van der Waals surface area contributed by atoms with Crippen LogP contribution in [0.15, 0.2) is 51.3 Å². The minimum atomic E-state index is -0.321. The Morgan fingerprint density at radius 3 is 2.05 bits per heavy atom. The van der Waals surface area contributed by atoms with E-state index in [2.05, 4.69) is 38.7 Å². The van der Waals surface area contributed by atoms with Crippen molar-refractivity contribution in [1.29, 1.82) is 0 Å². The third-order valence-corrected chi connectivity index (χ3v) is 5.62. The molecular formula is C26H42N10O. The van der Waals surface area contributed by atoms with Crippen LogP contribution in [0.3, 0.4) is 0 Å². The van der Waals surface area contributed by atoms with E-state index in [9.17, 15) is 4.79 Å². The van der Waals surface area contributed by atoms with Gasteiger partial charge in [0.15, 0.2) is 11.9 Å². The molecule has 202 valence electrons. The molecule has 0 bridgehead atoms. The molecule has 0 spiro atoms. The highest BCUT2D eigenvalue weighted by atomic mass is 16.1. The second kappa shape index (κ2) is 15.3. The number of nitrogens with zero attached hydrogens (tertiary/aromatic N) is 5. The first-order valence-electron chi connectivity index (χ1n) is 12.7. The van der Waals surface area contributed by atoms with Gasteiger partial charge in [0.05, 0.1) is 5.69 Å². The molecule has 0 radical (unpaired) electrons. The fourth-order valence-electron chi connectivity index (χ4n) is 3.61. The predicted octanol–water partition coefficient (Wildman–Crippen LogP) is 1.96. The lowest BCUT2D eigenvalue weighted by Crippen LogP contribution is -2.28. The standard InChI is InChI=1S/C22H32N10O.C4H10/c1-15-12-17-14-32(22(33)30-19(17)29-15)18-6-4-16(5-7-18)13-31(10-2-8-27-20(23)24)11-3-9-28-21(25)26;1-3-4-2/h4-7,12,14H,2-3,8-11,13H2,1H3,(H4,23,24,27)(H4,25,26,28)(H,29,30,33);3-4H2,1-2H3. The normalized spacial score (nSPS) is 10.7. The fourth-order valence-corrected chi connectivity index (χ4v) is 3.61. The molecule has 0 aliphatic heterocycles.